The highest BCUT2D eigenvalue weighted by Gasteiger charge is 2.25. The van der Waals surface area contributed by atoms with Gasteiger partial charge in [0.15, 0.2) is 0 Å². The molecule has 0 N–H and O–H groups in total. The van der Waals surface area contributed by atoms with Gasteiger partial charge in [0.2, 0.25) is 0 Å². The maximum atomic E-state index is 6.27. The lowest BCUT2D eigenvalue weighted by Crippen LogP contribution is -2.32. The van der Waals surface area contributed by atoms with Crippen molar-refractivity contribution in [1.29, 1.82) is 0 Å². The number of anilines is 1. The number of hydrogen-bond acceptors (Lipinski definition) is 1. The van der Waals surface area contributed by atoms with Crippen molar-refractivity contribution < 1.29 is 0 Å². The lowest BCUT2D eigenvalue weighted by Gasteiger charge is -2.29. The Hall–Kier alpha value is -0.210. The van der Waals surface area contributed by atoms with Crippen LogP contribution in [0.4, 0.5) is 5.69 Å². The smallest absolute Gasteiger partial charge is 0.0467 e. The molecular weight excluding hydrogens is 298 g/mol. The van der Waals surface area contributed by atoms with Gasteiger partial charge in [-0.05, 0) is 50.3 Å². The van der Waals surface area contributed by atoms with Crippen molar-refractivity contribution >= 4 is 33.2 Å². The van der Waals surface area contributed by atoms with Crippen LogP contribution >= 0.6 is 27.5 Å². The molecule has 1 aliphatic carbocycles. The second-order valence-electron chi connectivity index (χ2n) is 5.10. The topological polar surface area (TPSA) is 3.24 Å². The Balaban J connectivity index is 2.19. The molecule has 0 bridgehead atoms. The first-order valence-corrected chi connectivity index (χ1v) is 7.72. The van der Waals surface area contributed by atoms with Gasteiger partial charge in [-0.15, -0.1) is 0 Å². The molecular formula is C14H19BrClN. The number of halogens is 2. The highest BCUT2D eigenvalue weighted by molar-refractivity contribution is 9.08. The molecule has 0 saturated heterocycles. The van der Waals surface area contributed by atoms with Gasteiger partial charge in [-0.3, -0.25) is 0 Å². The summed E-state index contributed by atoms with van der Waals surface area (Å²) in [5, 5.41) is 1.68. The maximum Gasteiger partial charge on any atom is 0.0467 e. The zero-order chi connectivity index (χ0) is 12.4. The summed E-state index contributed by atoms with van der Waals surface area (Å²) >= 11 is 9.72. The zero-order valence-electron chi connectivity index (χ0n) is 10.4. The summed E-state index contributed by atoms with van der Waals surface area (Å²) < 4.78 is 0. The maximum absolute atomic E-state index is 6.27. The first kappa shape index (κ1) is 13.2. The molecule has 3 heteroatoms. The van der Waals surface area contributed by atoms with Crippen molar-refractivity contribution in [3.05, 3.63) is 28.8 Å². The molecule has 1 fully saturated rings. The van der Waals surface area contributed by atoms with Crippen LogP contribution in [0.25, 0.3) is 0 Å². The Morgan fingerprint density at radius 3 is 2.59 bits per heavy atom. The average molecular weight is 317 g/mol. The fourth-order valence-corrected chi connectivity index (χ4v) is 2.91. The minimum atomic E-state index is 0.529. The van der Waals surface area contributed by atoms with Gasteiger partial charge in [0, 0.05) is 28.6 Å². The van der Waals surface area contributed by atoms with Gasteiger partial charge in [-0.25, -0.2) is 0 Å². The fraction of sp³-hybridized carbons (Fsp3) is 0.571. The second-order valence-corrected chi connectivity index (χ2v) is 6.07. The molecule has 17 heavy (non-hydrogen) atoms. The third-order valence-electron chi connectivity index (χ3n) is 3.29. The van der Waals surface area contributed by atoms with Gasteiger partial charge in [0.1, 0.15) is 0 Å². The van der Waals surface area contributed by atoms with E-state index in [1.807, 2.05) is 0 Å². The largest absolute Gasteiger partial charge is 0.369 e. The van der Waals surface area contributed by atoms with Crippen LogP contribution in [0.3, 0.4) is 0 Å². The molecule has 0 spiro atoms. The van der Waals surface area contributed by atoms with Gasteiger partial charge in [-0.1, -0.05) is 33.6 Å². The summed E-state index contributed by atoms with van der Waals surface area (Å²) in [7, 11) is 0. The van der Waals surface area contributed by atoms with Crippen molar-refractivity contribution in [1.82, 2.24) is 0 Å². The molecule has 0 heterocycles. The summed E-state index contributed by atoms with van der Waals surface area (Å²) in [5.74, 6) is 0.895. The Morgan fingerprint density at radius 1 is 1.41 bits per heavy atom. The predicted octanol–water partition coefficient (Wildman–Crippen LogP) is 4.86. The van der Waals surface area contributed by atoms with Gasteiger partial charge in [-0.2, -0.15) is 0 Å². The molecule has 94 valence electrons. The predicted molar refractivity (Wildman–Crippen MR) is 79.3 cm³/mol. The number of alkyl halides is 1. The molecule has 1 saturated carbocycles. The molecule has 0 atom stereocenters. The summed E-state index contributed by atoms with van der Waals surface area (Å²) in [6, 6.07) is 6.93. The first-order chi connectivity index (χ1) is 8.11. The van der Waals surface area contributed by atoms with E-state index < -0.39 is 0 Å². The van der Waals surface area contributed by atoms with Crippen molar-refractivity contribution in [2.75, 3.05) is 11.4 Å². The third-order valence-corrected chi connectivity index (χ3v) is 4.24. The monoisotopic (exact) mass is 315 g/mol. The van der Waals surface area contributed by atoms with E-state index in [0.29, 0.717) is 6.04 Å². The summed E-state index contributed by atoms with van der Waals surface area (Å²) in [6.07, 6.45) is 2.77. The lowest BCUT2D eigenvalue weighted by atomic mass is 10.1. The van der Waals surface area contributed by atoms with E-state index in [9.17, 15) is 0 Å². The van der Waals surface area contributed by atoms with Crippen LogP contribution in [0, 0.1) is 5.92 Å². The van der Waals surface area contributed by atoms with Crippen LogP contribution in [-0.2, 0) is 5.33 Å². The standard InChI is InChI=1S/C14H19BrClN/c1-10(2)17(9-11-3-4-11)13-6-5-12(8-15)14(16)7-13/h5-7,10-11H,3-4,8-9H2,1-2H3. The van der Waals surface area contributed by atoms with Crippen LogP contribution in [0.15, 0.2) is 18.2 Å². The summed E-state index contributed by atoms with van der Waals surface area (Å²) in [6.45, 7) is 5.66. The van der Waals surface area contributed by atoms with Gasteiger partial charge in [0.05, 0.1) is 0 Å². The minimum Gasteiger partial charge on any atom is -0.369 e. The van der Waals surface area contributed by atoms with Crippen molar-refractivity contribution in [2.24, 2.45) is 5.92 Å². The molecule has 1 aromatic rings. The fourth-order valence-electron chi connectivity index (χ4n) is 2.02. The van der Waals surface area contributed by atoms with Crippen molar-refractivity contribution in [3.8, 4) is 0 Å². The third kappa shape index (κ3) is 3.38. The molecule has 0 aliphatic heterocycles. The lowest BCUT2D eigenvalue weighted by molar-refractivity contribution is 0.645. The highest BCUT2D eigenvalue weighted by atomic mass is 79.9. The normalized spacial score (nSPS) is 15.4. The van der Waals surface area contributed by atoms with E-state index in [4.69, 9.17) is 11.6 Å². The molecule has 0 amide bonds. The van der Waals surface area contributed by atoms with Crippen LogP contribution in [0.2, 0.25) is 5.02 Å². The molecule has 0 radical (unpaired) electrons. The summed E-state index contributed by atoms with van der Waals surface area (Å²) in [5.41, 5.74) is 2.41. The molecule has 1 nitrogen and oxygen atoms in total. The minimum absolute atomic E-state index is 0.529. The van der Waals surface area contributed by atoms with E-state index in [1.54, 1.807) is 0 Å². The van der Waals surface area contributed by atoms with Crippen molar-refractivity contribution in [2.45, 2.75) is 38.1 Å². The number of rotatable bonds is 5. The Morgan fingerprint density at radius 2 is 2.12 bits per heavy atom. The van der Waals surface area contributed by atoms with Crippen molar-refractivity contribution in [3.63, 3.8) is 0 Å². The van der Waals surface area contributed by atoms with Gasteiger partial charge < -0.3 is 4.90 Å². The SMILES string of the molecule is CC(C)N(CC1CC1)c1ccc(CBr)c(Cl)c1. The van der Waals surface area contributed by atoms with E-state index in [1.165, 1.54) is 25.1 Å². The second kappa shape index (κ2) is 5.62. The van der Waals surface area contributed by atoms with Crippen LogP contribution in [0.5, 0.6) is 0 Å². The van der Waals surface area contributed by atoms with E-state index in [0.717, 1.165) is 21.8 Å². The Labute approximate surface area is 117 Å². The summed E-state index contributed by atoms with van der Waals surface area (Å²) in [4.78, 5) is 2.46. The number of benzene rings is 1. The van der Waals surface area contributed by atoms with E-state index >= 15 is 0 Å². The van der Waals surface area contributed by atoms with Crippen LogP contribution in [0.1, 0.15) is 32.3 Å². The van der Waals surface area contributed by atoms with Gasteiger partial charge in [0.25, 0.3) is 0 Å². The van der Waals surface area contributed by atoms with E-state index in [2.05, 4.69) is 52.9 Å². The Kier molecular flexibility index (Phi) is 4.37. The van der Waals surface area contributed by atoms with Gasteiger partial charge >= 0.3 is 0 Å². The molecule has 1 aliphatic rings. The first-order valence-electron chi connectivity index (χ1n) is 6.23. The Bertz CT molecular complexity index is 388. The molecule has 0 aromatic heterocycles. The number of nitrogens with zero attached hydrogens (tertiary/aromatic N) is 1. The number of hydrogen-bond donors (Lipinski definition) is 0. The highest BCUT2D eigenvalue weighted by Crippen LogP contribution is 2.33. The molecule has 0 unspecified atom stereocenters. The van der Waals surface area contributed by atoms with E-state index in [-0.39, 0.29) is 0 Å². The average Bonchev–Trinajstić information content (AvgIpc) is 3.09. The molecule has 2 rings (SSSR count). The van der Waals surface area contributed by atoms with Crippen LogP contribution < -0.4 is 4.90 Å². The zero-order valence-corrected chi connectivity index (χ0v) is 12.8. The van der Waals surface area contributed by atoms with Crippen LogP contribution in [-0.4, -0.2) is 12.6 Å². The molecule has 1 aromatic carbocycles. The quantitative estimate of drug-likeness (QED) is 0.701.